The number of rotatable bonds is 20. The van der Waals surface area contributed by atoms with Crippen LogP contribution in [0.1, 0.15) is 164 Å². The van der Waals surface area contributed by atoms with Crippen LogP contribution in [-0.4, -0.2) is 53.5 Å². The normalized spacial score (nSPS) is 24.0. The smallest absolute Gasteiger partial charge is 0.320 e. The van der Waals surface area contributed by atoms with Crippen LogP contribution in [0.5, 0.6) is 0 Å². The molecule has 3 aliphatic heterocycles. The first-order chi connectivity index (χ1) is 30.6. The molecule has 0 saturated carbocycles. The van der Waals surface area contributed by atoms with Crippen molar-refractivity contribution in [2.24, 2.45) is 35.5 Å². The van der Waals surface area contributed by atoms with Crippen LogP contribution in [0.3, 0.4) is 0 Å². The third-order valence-electron chi connectivity index (χ3n) is 15.0. The van der Waals surface area contributed by atoms with E-state index in [-0.39, 0.29) is 42.7 Å². The van der Waals surface area contributed by atoms with E-state index in [1.165, 1.54) is 57.6 Å². The first-order valence-electron chi connectivity index (χ1n) is 24.5. The van der Waals surface area contributed by atoms with Gasteiger partial charge in [-0.25, -0.2) is 0 Å². The third kappa shape index (κ3) is 10.7. The molecular weight excluding hydrogens is 797 g/mol. The molecule has 4 aliphatic rings. The van der Waals surface area contributed by atoms with Gasteiger partial charge in [-0.1, -0.05) is 111 Å². The van der Waals surface area contributed by atoms with E-state index in [2.05, 4.69) is 101 Å². The number of allylic oxidation sites excluding steroid dienone is 3. The second kappa shape index (κ2) is 21.5. The Bertz CT molecular complexity index is 2310. The number of ether oxygens (including phenoxy) is 2. The van der Waals surface area contributed by atoms with Crippen LogP contribution in [0.15, 0.2) is 47.3 Å². The van der Waals surface area contributed by atoms with Gasteiger partial charge >= 0.3 is 11.9 Å². The summed E-state index contributed by atoms with van der Waals surface area (Å²) in [5.74, 6) is -0.0505. The van der Waals surface area contributed by atoms with Gasteiger partial charge in [-0.15, -0.1) is 0 Å². The lowest BCUT2D eigenvalue weighted by Crippen LogP contribution is -2.38. The fourth-order valence-electron chi connectivity index (χ4n) is 10.9. The molecule has 0 spiro atoms. The number of aromatic amines is 2. The maximum absolute atomic E-state index is 14.4. The Morgan fingerprint density at radius 1 is 0.938 bits per heavy atom. The summed E-state index contributed by atoms with van der Waals surface area (Å²) in [6, 6.07) is -0.457. The number of ketones is 1. The largest absolute Gasteiger partial charge is 0.468 e. The zero-order valence-electron chi connectivity index (χ0n) is 40.8. The van der Waals surface area contributed by atoms with Crippen molar-refractivity contribution in [3.8, 4) is 0 Å². The fourth-order valence-corrected chi connectivity index (χ4v) is 10.9. The molecule has 0 aromatic carbocycles. The van der Waals surface area contributed by atoms with E-state index in [1.807, 2.05) is 19.1 Å². The quantitative estimate of drug-likeness (QED) is 0.0593. The van der Waals surface area contributed by atoms with E-state index >= 15 is 0 Å². The van der Waals surface area contributed by atoms with Crippen LogP contribution in [0, 0.1) is 49.4 Å². The molecule has 8 bridgehead atoms. The Morgan fingerprint density at radius 2 is 1.62 bits per heavy atom. The van der Waals surface area contributed by atoms with Gasteiger partial charge in [0.2, 0.25) is 0 Å². The van der Waals surface area contributed by atoms with Crippen LogP contribution >= 0.6 is 0 Å². The second-order valence-electron chi connectivity index (χ2n) is 20.1. The van der Waals surface area contributed by atoms with Gasteiger partial charge < -0.3 is 30.1 Å². The third-order valence-corrected chi connectivity index (χ3v) is 15.0. The summed E-state index contributed by atoms with van der Waals surface area (Å²) in [6.07, 6.45) is 21.8. The monoisotopic (exact) mass is 875 g/mol. The van der Waals surface area contributed by atoms with Crippen molar-refractivity contribution >= 4 is 41.5 Å². The van der Waals surface area contributed by atoms with Crippen molar-refractivity contribution in [2.45, 2.75) is 158 Å². The van der Waals surface area contributed by atoms with E-state index < -0.39 is 17.9 Å². The van der Waals surface area contributed by atoms with Gasteiger partial charge in [-0.3, -0.25) is 14.4 Å². The number of nitrogens with one attached hydrogen (secondary N) is 4. The van der Waals surface area contributed by atoms with Crippen molar-refractivity contribution in [1.82, 2.24) is 20.6 Å². The predicted molar refractivity (Wildman–Crippen MR) is 261 cm³/mol. The number of aromatic nitrogens is 2. The van der Waals surface area contributed by atoms with Crippen LogP contribution in [0.25, 0.3) is 23.8 Å². The minimum absolute atomic E-state index is 0.0240. The number of esters is 2. The number of Topliss-reactive ketones (excluding diaryl/α,β-unsaturated/α-hetero) is 1. The van der Waals surface area contributed by atoms with Gasteiger partial charge in [-0.2, -0.15) is 0 Å². The number of hydrogen-bond donors (Lipinski definition) is 4. The molecule has 5 heterocycles. The Kier molecular flexibility index (Phi) is 16.3. The number of carbonyl (C=O) groups excluding carboxylic acids is 3. The highest BCUT2D eigenvalue weighted by Crippen LogP contribution is 2.43. The first kappa shape index (κ1) is 48.7. The molecule has 1 saturated heterocycles. The van der Waals surface area contributed by atoms with Crippen molar-refractivity contribution < 1.29 is 23.9 Å². The van der Waals surface area contributed by atoms with Crippen molar-refractivity contribution in [2.75, 3.05) is 13.7 Å². The topological polar surface area (TPSA) is 125 Å². The minimum Gasteiger partial charge on any atom is -0.468 e. The molecule has 0 radical (unpaired) electrons. The molecule has 1 aliphatic carbocycles. The highest BCUT2D eigenvalue weighted by molar-refractivity contribution is 6.19. The minimum atomic E-state index is -1.11. The van der Waals surface area contributed by atoms with Crippen LogP contribution in [0.4, 0.5) is 0 Å². The molecule has 9 heteroatoms. The Morgan fingerprint density at radius 3 is 2.28 bits per heavy atom. The lowest BCUT2D eigenvalue weighted by Gasteiger charge is -2.25. The number of H-pyrrole nitrogens is 2. The Labute approximate surface area is 383 Å². The molecule has 9 nitrogen and oxygen atoms in total. The van der Waals surface area contributed by atoms with Crippen LogP contribution in [0.2, 0.25) is 0 Å². The number of fused-ring (bicyclic) bond motifs is 8. The van der Waals surface area contributed by atoms with E-state index in [0.29, 0.717) is 29.3 Å². The predicted octanol–water partition coefficient (Wildman–Crippen LogP) is 10.2. The van der Waals surface area contributed by atoms with Crippen LogP contribution in [-0.2, 0) is 25.5 Å². The molecule has 4 N–H and O–H groups in total. The zero-order chi connectivity index (χ0) is 46.4. The lowest BCUT2D eigenvalue weighted by molar-refractivity contribution is -0.143. The summed E-state index contributed by atoms with van der Waals surface area (Å²) in [6.45, 7) is 28.9. The molecule has 348 valence electrons. The van der Waals surface area contributed by atoms with Gasteiger partial charge in [0, 0.05) is 52.5 Å². The molecule has 2 aromatic heterocycles. The number of hydrogen-bond acceptors (Lipinski definition) is 7. The molecule has 2 unspecified atom stereocenters. The number of methoxy groups -OCH3 is 1. The van der Waals surface area contributed by atoms with E-state index in [9.17, 15) is 14.4 Å². The van der Waals surface area contributed by atoms with Crippen molar-refractivity contribution in [3.63, 3.8) is 0 Å². The summed E-state index contributed by atoms with van der Waals surface area (Å²) in [5, 5.41) is 9.01. The second-order valence-corrected chi connectivity index (χ2v) is 20.1. The molecular formula is C55H78N4O5. The average molecular weight is 875 g/mol. The zero-order valence-corrected chi connectivity index (χ0v) is 40.8. The highest BCUT2D eigenvalue weighted by Gasteiger charge is 2.49. The first-order valence-corrected chi connectivity index (χ1v) is 24.5. The molecule has 7 atom stereocenters. The lowest BCUT2D eigenvalue weighted by atomic mass is 9.80. The van der Waals surface area contributed by atoms with Crippen molar-refractivity contribution in [1.29, 1.82) is 0 Å². The summed E-state index contributed by atoms with van der Waals surface area (Å²) in [5.41, 5.74) is 11.6. The summed E-state index contributed by atoms with van der Waals surface area (Å²) < 4.78 is 11.1. The molecule has 1 fully saturated rings. The SMILES string of the molecule is C=Cc1c2[nH]c(c1C)/C=C1\NC(C3=c4[nH]/c(c(C)c4C(=O)[C@@H]3C(=O)OC)=C\C3=C(CC)C(=C)C(C2)N3)[C@@H](CCC(=O)OC/C=C(\C)CCC[C@H](C)CCC[C@H](C)CCCC(C)C)[C@@H]1C. The standard InChI is InChI=1S/C55H78N4O5/c1-13-39-35(8)42-28-44-37(10)41(24-25-48(60)64-27-26-34(7)23-17-22-33(6)21-16-20-32(5)19-15-18-31(3)4)52(58-44)50-51(55(62)63-12)54(61)49-38(11)45(59-53(49)50)30-47-40(14-2)36(9)43(57-47)29-46(39)56-42/h13,26,28,30-33,37,41,43,51-52,56-59H,1,9,14-25,27,29H2,2-8,10-12H3/b34-26+,44-28-,45-30-/t32-,33-,37+,41+,43?,51-,52?/m1/s1. The average Bonchev–Trinajstić information content (AvgIpc) is 3.99. The maximum atomic E-state index is 14.4. The van der Waals surface area contributed by atoms with Gasteiger partial charge in [0.15, 0.2) is 5.78 Å². The summed E-state index contributed by atoms with van der Waals surface area (Å²) >= 11 is 0. The van der Waals surface area contributed by atoms with E-state index in [1.54, 1.807) is 0 Å². The van der Waals surface area contributed by atoms with E-state index in [0.717, 1.165) is 93.0 Å². The molecule has 64 heavy (non-hydrogen) atoms. The van der Waals surface area contributed by atoms with Crippen molar-refractivity contribution in [3.05, 3.63) is 91.7 Å². The van der Waals surface area contributed by atoms with Gasteiger partial charge in [0.25, 0.3) is 0 Å². The molecule has 2 aromatic rings. The number of carbonyl (C=O) groups is 3. The maximum Gasteiger partial charge on any atom is 0.320 e. The summed E-state index contributed by atoms with van der Waals surface area (Å²) in [4.78, 5) is 48.8. The van der Waals surface area contributed by atoms with Gasteiger partial charge in [0.05, 0.1) is 24.5 Å². The van der Waals surface area contributed by atoms with Gasteiger partial charge in [-0.05, 0) is 122 Å². The van der Waals surface area contributed by atoms with E-state index in [4.69, 9.17) is 9.47 Å². The highest BCUT2D eigenvalue weighted by atomic mass is 16.5. The fraction of sp³-hybridized carbons (Fsp3) is 0.582. The Balaban J connectivity index is 1.19. The summed E-state index contributed by atoms with van der Waals surface area (Å²) in [7, 11) is 1.33. The van der Waals surface area contributed by atoms with Gasteiger partial charge in [0.1, 0.15) is 12.5 Å². The molecule has 6 rings (SSSR count). The van der Waals surface area contributed by atoms with Crippen LogP contribution < -0.4 is 21.3 Å². The molecule has 0 amide bonds. The Hall–Kier alpha value is -4.79.